The molecule has 16 rings (SSSR count). The molecule has 2 spiro atoms. The van der Waals surface area contributed by atoms with Crippen LogP contribution < -0.4 is 14.4 Å². The van der Waals surface area contributed by atoms with Crippen LogP contribution in [0.15, 0.2) is 285 Å². The van der Waals surface area contributed by atoms with Crippen molar-refractivity contribution in [3.63, 3.8) is 0 Å². The van der Waals surface area contributed by atoms with E-state index >= 15 is 0 Å². The first kappa shape index (κ1) is 43.4. The first-order valence-electron chi connectivity index (χ1n) is 26.6. The summed E-state index contributed by atoms with van der Waals surface area (Å²) in [6.45, 7) is 0. The quantitative estimate of drug-likeness (QED) is 0.166. The van der Waals surface area contributed by atoms with Crippen molar-refractivity contribution < 1.29 is 9.47 Å². The molecule has 2 aliphatic carbocycles. The summed E-state index contributed by atoms with van der Waals surface area (Å²) in [5.74, 6) is 3.56. The topological polar surface area (TPSA) is 21.7 Å². The molecule has 0 unspecified atom stereocenters. The van der Waals surface area contributed by atoms with Crippen molar-refractivity contribution in [3.8, 4) is 78.6 Å². The van der Waals surface area contributed by atoms with Crippen molar-refractivity contribution in [1.82, 2.24) is 0 Å². The summed E-state index contributed by atoms with van der Waals surface area (Å²) in [5, 5.41) is 0. The van der Waals surface area contributed by atoms with Gasteiger partial charge in [0.25, 0.3) is 0 Å². The van der Waals surface area contributed by atoms with Crippen molar-refractivity contribution in [2.45, 2.75) is 10.8 Å². The Bertz CT molecular complexity index is 4050. The van der Waals surface area contributed by atoms with Gasteiger partial charge in [-0.05, 0) is 139 Å². The second-order valence-electron chi connectivity index (χ2n) is 20.6. The van der Waals surface area contributed by atoms with Gasteiger partial charge in [-0.3, -0.25) is 0 Å². The number of fused-ring (bicyclic) bond motifs is 18. The van der Waals surface area contributed by atoms with E-state index in [0.717, 1.165) is 95.7 Å². The molecule has 77 heavy (non-hydrogen) atoms. The molecule has 0 amide bonds. The van der Waals surface area contributed by atoms with Crippen LogP contribution in [0, 0.1) is 0 Å². The lowest BCUT2D eigenvalue weighted by molar-refractivity contribution is 0.436. The molecular formula is C74H47NO2. The van der Waals surface area contributed by atoms with Crippen LogP contribution in [-0.4, -0.2) is 0 Å². The molecule has 0 atom stereocenters. The molecule has 0 fully saturated rings. The third kappa shape index (κ3) is 6.20. The standard InChI is InChI=1S/C74H47NO2/c1-2-20-48(21-3-1)55-26-6-13-35-68(55)75(53-24-18-22-49(44-53)51-40-42-58-56-27-4-7-29-60(56)73(66(58)46-51)62-31-9-14-36-69(62)76-70-37-15-10-32-63(70)73)54-25-19-23-50(45-54)52-41-43-59-57-28-5-8-30-61(57)74(67(59)47-52)64-33-11-16-38-71(64)77-72-39-17-12-34-65(72)74/h1-47H. The first-order valence-corrected chi connectivity index (χ1v) is 26.6. The molecule has 0 saturated carbocycles. The van der Waals surface area contributed by atoms with Gasteiger partial charge in [-0.2, -0.15) is 0 Å². The molecular weight excluding hydrogens is 935 g/mol. The second-order valence-corrected chi connectivity index (χ2v) is 20.6. The lowest BCUT2D eigenvalue weighted by Gasteiger charge is -2.39. The van der Waals surface area contributed by atoms with Gasteiger partial charge in [0.05, 0.1) is 16.5 Å². The van der Waals surface area contributed by atoms with E-state index in [0.29, 0.717) is 0 Å². The van der Waals surface area contributed by atoms with Crippen LogP contribution in [0.5, 0.6) is 23.0 Å². The molecule has 2 aliphatic heterocycles. The van der Waals surface area contributed by atoms with Gasteiger partial charge in [0, 0.05) is 39.2 Å². The molecule has 0 radical (unpaired) electrons. The van der Waals surface area contributed by atoms with Gasteiger partial charge in [0.2, 0.25) is 0 Å². The summed E-state index contributed by atoms with van der Waals surface area (Å²) >= 11 is 0. The molecule has 2 heterocycles. The van der Waals surface area contributed by atoms with Crippen molar-refractivity contribution in [3.05, 3.63) is 330 Å². The highest BCUT2D eigenvalue weighted by Crippen LogP contribution is 2.64. The van der Waals surface area contributed by atoms with E-state index in [1.165, 1.54) is 44.5 Å². The highest BCUT2D eigenvalue weighted by atomic mass is 16.5. The molecule has 0 N–H and O–H groups in total. The molecule has 12 aromatic carbocycles. The Morgan fingerprint density at radius 1 is 0.221 bits per heavy atom. The second kappa shape index (κ2) is 16.8. The third-order valence-corrected chi connectivity index (χ3v) is 16.8. The van der Waals surface area contributed by atoms with Gasteiger partial charge in [0.15, 0.2) is 0 Å². The minimum Gasteiger partial charge on any atom is -0.457 e. The van der Waals surface area contributed by atoms with Gasteiger partial charge in [-0.15, -0.1) is 0 Å². The van der Waals surface area contributed by atoms with Crippen molar-refractivity contribution in [2.75, 3.05) is 4.90 Å². The Labute approximate surface area is 448 Å². The largest absolute Gasteiger partial charge is 0.457 e. The Morgan fingerprint density at radius 2 is 0.558 bits per heavy atom. The van der Waals surface area contributed by atoms with E-state index in [9.17, 15) is 0 Å². The highest BCUT2D eigenvalue weighted by molar-refractivity contribution is 5.94. The Morgan fingerprint density at radius 3 is 1.01 bits per heavy atom. The molecule has 0 aromatic heterocycles. The average molecular weight is 982 g/mol. The van der Waals surface area contributed by atoms with Gasteiger partial charge >= 0.3 is 0 Å². The van der Waals surface area contributed by atoms with Crippen LogP contribution >= 0.6 is 0 Å². The fraction of sp³-hybridized carbons (Fsp3) is 0.0270. The number of para-hydroxylation sites is 5. The molecule has 0 bridgehead atoms. The molecule has 12 aromatic rings. The van der Waals surface area contributed by atoms with Crippen LogP contribution in [0.3, 0.4) is 0 Å². The zero-order chi connectivity index (χ0) is 50.7. The Hall–Kier alpha value is -9.96. The smallest absolute Gasteiger partial charge is 0.132 e. The molecule has 3 heteroatoms. The number of benzene rings is 12. The molecule has 0 saturated heterocycles. The highest BCUT2D eigenvalue weighted by Gasteiger charge is 2.52. The SMILES string of the molecule is c1ccc(-c2ccccc2N(c2cccc(-c3ccc4c(c3)C3(c5ccccc5Oc5ccccc53)c3ccccc3-4)c2)c2cccc(-c3ccc4c(c3)C3(c5ccccc5Oc5ccccc53)c3ccccc3-4)c2)cc1. The summed E-state index contributed by atoms with van der Waals surface area (Å²) in [6, 6.07) is 104. The van der Waals surface area contributed by atoms with E-state index in [4.69, 9.17) is 9.47 Å². The molecule has 4 aliphatic rings. The average Bonchev–Trinajstić information content (AvgIpc) is 4.17. The fourth-order valence-electron chi connectivity index (χ4n) is 13.7. The monoisotopic (exact) mass is 981 g/mol. The number of nitrogens with zero attached hydrogens (tertiary/aromatic N) is 1. The minimum atomic E-state index is -0.566. The normalized spacial score (nSPS) is 13.9. The van der Waals surface area contributed by atoms with Crippen LogP contribution in [0.1, 0.15) is 44.5 Å². The third-order valence-electron chi connectivity index (χ3n) is 16.8. The summed E-state index contributed by atoms with van der Waals surface area (Å²) in [4.78, 5) is 2.45. The van der Waals surface area contributed by atoms with E-state index in [1.807, 2.05) is 0 Å². The maximum absolute atomic E-state index is 6.69. The van der Waals surface area contributed by atoms with E-state index < -0.39 is 10.8 Å². The van der Waals surface area contributed by atoms with E-state index in [2.05, 4.69) is 290 Å². The Balaban J connectivity index is 0.871. The van der Waals surface area contributed by atoms with E-state index in [-0.39, 0.29) is 0 Å². The van der Waals surface area contributed by atoms with Crippen LogP contribution in [0.25, 0.3) is 55.6 Å². The maximum Gasteiger partial charge on any atom is 0.132 e. The number of ether oxygens (including phenoxy) is 2. The van der Waals surface area contributed by atoms with Gasteiger partial charge < -0.3 is 14.4 Å². The van der Waals surface area contributed by atoms with Gasteiger partial charge in [-0.1, -0.05) is 218 Å². The zero-order valence-electron chi connectivity index (χ0n) is 41.9. The molecule has 360 valence electrons. The minimum absolute atomic E-state index is 0.566. The van der Waals surface area contributed by atoms with Gasteiger partial charge in [0.1, 0.15) is 23.0 Å². The van der Waals surface area contributed by atoms with Gasteiger partial charge in [-0.25, -0.2) is 0 Å². The molecule has 3 nitrogen and oxygen atoms in total. The maximum atomic E-state index is 6.69. The number of anilines is 3. The Kier molecular flexibility index (Phi) is 9.47. The fourth-order valence-corrected chi connectivity index (χ4v) is 13.7. The predicted molar refractivity (Wildman–Crippen MR) is 312 cm³/mol. The number of hydrogen-bond donors (Lipinski definition) is 0. The van der Waals surface area contributed by atoms with Crippen LogP contribution in [0.4, 0.5) is 17.1 Å². The number of rotatable bonds is 6. The van der Waals surface area contributed by atoms with Crippen LogP contribution in [0.2, 0.25) is 0 Å². The lowest BCUT2D eigenvalue weighted by atomic mass is 9.66. The van der Waals surface area contributed by atoms with Crippen molar-refractivity contribution >= 4 is 17.1 Å². The predicted octanol–water partition coefficient (Wildman–Crippen LogP) is 19.1. The van der Waals surface area contributed by atoms with Crippen LogP contribution in [-0.2, 0) is 10.8 Å². The zero-order valence-corrected chi connectivity index (χ0v) is 41.9. The summed E-state index contributed by atoms with van der Waals surface area (Å²) < 4.78 is 13.4. The summed E-state index contributed by atoms with van der Waals surface area (Å²) in [6.07, 6.45) is 0. The van der Waals surface area contributed by atoms with Crippen molar-refractivity contribution in [1.29, 1.82) is 0 Å². The first-order chi connectivity index (χ1) is 38.2. The lowest BCUT2D eigenvalue weighted by Crippen LogP contribution is -2.32. The number of hydrogen-bond acceptors (Lipinski definition) is 3. The summed E-state index contributed by atoms with van der Waals surface area (Å²) in [5.41, 5.74) is 23.6. The van der Waals surface area contributed by atoms with E-state index in [1.54, 1.807) is 0 Å². The van der Waals surface area contributed by atoms with Crippen molar-refractivity contribution in [2.24, 2.45) is 0 Å². The summed E-state index contributed by atoms with van der Waals surface area (Å²) in [7, 11) is 0.